The van der Waals surface area contributed by atoms with Gasteiger partial charge >= 0.3 is 0 Å². The van der Waals surface area contributed by atoms with Crippen molar-refractivity contribution in [3.8, 4) is 11.8 Å². The molecule has 0 bridgehead atoms. The topological polar surface area (TPSA) is 68.0 Å². The molecule has 106 valence electrons. The van der Waals surface area contributed by atoms with Gasteiger partial charge in [0.15, 0.2) is 0 Å². The molecule has 0 aliphatic rings. The number of pyridine rings is 1. The van der Waals surface area contributed by atoms with E-state index < -0.39 is 0 Å². The van der Waals surface area contributed by atoms with Gasteiger partial charge in [-0.15, -0.1) is 0 Å². The van der Waals surface area contributed by atoms with Crippen LogP contribution in [0.4, 0.5) is 5.82 Å². The maximum atomic E-state index is 12.0. The van der Waals surface area contributed by atoms with Crippen molar-refractivity contribution in [2.24, 2.45) is 5.73 Å². The number of nitrogens with one attached hydrogen (secondary N) is 1. The second-order valence-corrected chi connectivity index (χ2v) is 4.71. The van der Waals surface area contributed by atoms with Gasteiger partial charge < -0.3 is 11.1 Å². The Bertz CT molecular complexity index is 704. The molecular weight excluding hydrogens is 286 g/mol. The molecule has 2 aromatic rings. The average Bonchev–Trinajstić information content (AvgIpc) is 2.45. The van der Waals surface area contributed by atoms with Crippen LogP contribution in [-0.2, 0) is 11.2 Å². The molecule has 0 aliphatic carbocycles. The summed E-state index contributed by atoms with van der Waals surface area (Å²) in [6, 6.07) is 12.4. The predicted octanol–water partition coefficient (Wildman–Crippen LogP) is 2.23. The second kappa shape index (κ2) is 7.44. The number of carbonyl (C=O) groups is 1. The number of hydrogen-bond donors (Lipinski definition) is 2. The first-order valence-corrected chi connectivity index (χ1v) is 6.75. The smallest absolute Gasteiger partial charge is 0.229 e. The van der Waals surface area contributed by atoms with E-state index in [2.05, 4.69) is 22.1 Å². The highest BCUT2D eigenvalue weighted by atomic mass is 35.5. The summed E-state index contributed by atoms with van der Waals surface area (Å²) in [6.07, 6.45) is 0.237. The number of anilines is 1. The summed E-state index contributed by atoms with van der Waals surface area (Å²) in [7, 11) is 0. The van der Waals surface area contributed by atoms with Crippen LogP contribution in [0.1, 0.15) is 11.3 Å². The summed E-state index contributed by atoms with van der Waals surface area (Å²) < 4.78 is 0. The summed E-state index contributed by atoms with van der Waals surface area (Å²) in [5, 5.41) is 3.34. The number of amides is 1. The van der Waals surface area contributed by atoms with E-state index >= 15 is 0 Å². The minimum Gasteiger partial charge on any atom is -0.320 e. The third-order valence-corrected chi connectivity index (χ3v) is 2.82. The first kappa shape index (κ1) is 15.0. The average molecular weight is 300 g/mol. The zero-order valence-electron chi connectivity index (χ0n) is 11.3. The third kappa shape index (κ3) is 4.92. The first-order chi connectivity index (χ1) is 10.2. The lowest BCUT2D eigenvalue weighted by Gasteiger charge is -2.05. The monoisotopic (exact) mass is 299 g/mol. The Hall–Kier alpha value is -2.35. The van der Waals surface area contributed by atoms with Gasteiger partial charge in [0, 0.05) is 5.02 Å². The molecule has 1 aromatic heterocycles. The Labute approximate surface area is 128 Å². The Morgan fingerprint density at radius 1 is 1.29 bits per heavy atom. The molecule has 0 unspecified atom stereocenters. The highest BCUT2D eigenvalue weighted by Crippen LogP contribution is 2.12. The Kier molecular flexibility index (Phi) is 5.33. The van der Waals surface area contributed by atoms with E-state index in [0.717, 1.165) is 5.56 Å². The number of benzene rings is 1. The van der Waals surface area contributed by atoms with Crippen LogP contribution in [0.5, 0.6) is 0 Å². The Balaban J connectivity index is 2.02. The van der Waals surface area contributed by atoms with E-state index in [4.69, 9.17) is 17.3 Å². The third-order valence-electron chi connectivity index (χ3n) is 2.59. The van der Waals surface area contributed by atoms with Crippen LogP contribution in [0.15, 0.2) is 42.5 Å². The summed E-state index contributed by atoms with van der Waals surface area (Å²) in [6.45, 7) is 0.271. The molecule has 0 aliphatic heterocycles. The highest BCUT2D eigenvalue weighted by molar-refractivity contribution is 6.30. The van der Waals surface area contributed by atoms with Crippen LogP contribution in [0.3, 0.4) is 0 Å². The fourth-order valence-electron chi connectivity index (χ4n) is 1.73. The summed E-state index contributed by atoms with van der Waals surface area (Å²) in [5.74, 6) is 5.84. The van der Waals surface area contributed by atoms with Crippen LogP contribution in [-0.4, -0.2) is 17.4 Å². The van der Waals surface area contributed by atoms with Crippen LogP contribution >= 0.6 is 11.6 Å². The maximum absolute atomic E-state index is 12.0. The highest BCUT2D eigenvalue weighted by Gasteiger charge is 2.05. The van der Waals surface area contributed by atoms with E-state index in [0.29, 0.717) is 16.5 Å². The first-order valence-electron chi connectivity index (χ1n) is 6.37. The molecule has 0 saturated carbocycles. The van der Waals surface area contributed by atoms with Gasteiger partial charge in [0.2, 0.25) is 5.91 Å². The molecule has 0 fully saturated rings. The molecule has 2 rings (SSSR count). The van der Waals surface area contributed by atoms with Crippen molar-refractivity contribution in [1.29, 1.82) is 0 Å². The molecule has 1 amide bonds. The van der Waals surface area contributed by atoms with E-state index in [1.165, 1.54) is 0 Å². The molecule has 0 saturated heterocycles. The molecule has 0 spiro atoms. The minimum absolute atomic E-state index is 0.159. The Morgan fingerprint density at radius 3 is 2.86 bits per heavy atom. The van der Waals surface area contributed by atoms with Crippen molar-refractivity contribution < 1.29 is 4.79 Å². The quantitative estimate of drug-likeness (QED) is 0.854. The van der Waals surface area contributed by atoms with Crippen molar-refractivity contribution in [3.05, 3.63) is 58.7 Å². The van der Waals surface area contributed by atoms with Crippen LogP contribution in [0.2, 0.25) is 5.02 Å². The number of halogens is 1. The fourth-order valence-corrected chi connectivity index (χ4v) is 1.95. The van der Waals surface area contributed by atoms with Gasteiger partial charge in [0.05, 0.1) is 13.0 Å². The zero-order valence-corrected chi connectivity index (χ0v) is 12.0. The molecule has 0 atom stereocenters. The van der Waals surface area contributed by atoms with Crippen molar-refractivity contribution in [3.63, 3.8) is 0 Å². The van der Waals surface area contributed by atoms with Gasteiger partial charge in [-0.2, -0.15) is 0 Å². The molecule has 0 radical (unpaired) electrons. The van der Waals surface area contributed by atoms with Gasteiger partial charge in [0.25, 0.3) is 0 Å². The summed E-state index contributed by atoms with van der Waals surface area (Å²) in [4.78, 5) is 16.2. The van der Waals surface area contributed by atoms with Crippen LogP contribution in [0.25, 0.3) is 0 Å². The maximum Gasteiger partial charge on any atom is 0.229 e. The Morgan fingerprint density at radius 2 is 2.10 bits per heavy atom. The number of carbonyl (C=O) groups excluding carboxylic acids is 1. The normalized spacial score (nSPS) is 9.62. The van der Waals surface area contributed by atoms with E-state index in [1.54, 1.807) is 30.3 Å². The molecule has 21 heavy (non-hydrogen) atoms. The lowest BCUT2D eigenvalue weighted by atomic mass is 10.1. The number of hydrogen-bond acceptors (Lipinski definition) is 3. The number of nitrogens with two attached hydrogens (primary N) is 1. The zero-order chi connectivity index (χ0) is 15.1. The molecule has 4 nitrogen and oxygen atoms in total. The van der Waals surface area contributed by atoms with E-state index in [9.17, 15) is 4.79 Å². The van der Waals surface area contributed by atoms with Gasteiger partial charge in [-0.1, -0.05) is 35.7 Å². The SMILES string of the molecule is NCC#Cc1cccc(NC(=O)Cc2cccc(Cl)c2)n1. The largest absolute Gasteiger partial charge is 0.320 e. The number of aromatic nitrogens is 1. The van der Waals surface area contributed by atoms with Crippen LogP contribution in [0, 0.1) is 11.8 Å². The minimum atomic E-state index is -0.159. The van der Waals surface area contributed by atoms with Gasteiger partial charge in [-0.3, -0.25) is 4.79 Å². The van der Waals surface area contributed by atoms with Gasteiger partial charge in [0.1, 0.15) is 11.5 Å². The number of nitrogens with zero attached hydrogens (tertiary/aromatic N) is 1. The van der Waals surface area contributed by atoms with E-state index in [-0.39, 0.29) is 18.9 Å². The second-order valence-electron chi connectivity index (χ2n) is 4.27. The molecule has 3 N–H and O–H groups in total. The van der Waals surface area contributed by atoms with E-state index in [1.807, 2.05) is 12.1 Å². The van der Waals surface area contributed by atoms with Crippen LogP contribution < -0.4 is 11.1 Å². The fraction of sp³-hybridized carbons (Fsp3) is 0.125. The van der Waals surface area contributed by atoms with Crippen molar-refractivity contribution in [1.82, 2.24) is 4.98 Å². The lowest BCUT2D eigenvalue weighted by Crippen LogP contribution is -2.15. The lowest BCUT2D eigenvalue weighted by molar-refractivity contribution is -0.115. The molecular formula is C16H14ClN3O. The summed E-state index contributed by atoms with van der Waals surface area (Å²) in [5.41, 5.74) is 6.73. The molecule has 1 aromatic carbocycles. The van der Waals surface area contributed by atoms with Crippen molar-refractivity contribution >= 4 is 23.3 Å². The molecule has 1 heterocycles. The number of rotatable bonds is 3. The van der Waals surface area contributed by atoms with Gasteiger partial charge in [-0.05, 0) is 35.7 Å². The predicted molar refractivity (Wildman–Crippen MR) is 84.0 cm³/mol. The summed E-state index contributed by atoms with van der Waals surface area (Å²) >= 11 is 5.89. The molecule has 5 heteroatoms. The standard InChI is InChI=1S/C16H14ClN3O/c17-13-5-1-4-12(10-13)11-16(21)20-15-8-2-6-14(19-15)7-3-9-18/h1-2,4-6,8,10H,9,11,18H2,(H,19,20,21). The van der Waals surface area contributed by atoms with Gasteiger partial charge in [-0.25, -0.2) is 4.98 Å². The van der Waals surface area contributed by atoms with Crippen molar-refractivity contribution in [2.75, 3.05) is 11.9 Å². The van der Waals surface area contributed by atoms with Crippen molar-refractivity contribution in [2.45, 2.75) is 6.42 Å².